The Kier molecular flexibility index (Phi) is 5.17. The van der Waals surface area contributed by atoms with E-state index in [4.69, 9.17) is 5.73 Å². The molecule has 1 heterocycles. The molecule has 0 aliphatic rings. The van der Waals surface area contributed by atoms with Crippen LogP contribution in [0.1, 0.15) is 5.56 Å². The van der Waals surface area contributed by atoms with Crippen molar-refractivity contribution >= 4 is 11.6 Å². The fourth-order valence-electron chi connectivity index (χ4n) is 1.87. The molecule has 0 saturated heterocycles. The second-order valence-electron chi connectivity index (χ2n) is 4.74. The molecule has 1 aromatic carbocycles. The van der Waals surface area contributed by atoms with Crippen LogP contribution in [0.5, 0.6) is 5.75 Å². The minimum atomic E-state index is -4.79. The molecule has 2 aromatic rings. The number of ether oxygens (including phenoxy) is 1. The van der Waals surface area contributed by atoms with Crippen LogP contribution in [0.25, 0.3) is 0 Å². The highest BCUT2D eigenvalue weighted by molar-refractivity contribution is 5.95. The van der Waals surface area contributed by atoms with Crippen molar-refractivity contribution in [2.24, 2.45) is 5.73 Å². The van der Waals surface area contributed by atoms with E-state index in [9.17, 15) is 18.0 Å². The summed E-state index contributed by atoms with van der Waals surface area (Å²) in [5, 5.41) is 2.46. The summed E-state index contributed by atoms with van der Waals surface area (Å²) in [6.45, 7) is 0. The minimum absolute atomic E-state index is 0.165. The van der Waals surface area contributed by atoms with E-state index in [0.29, 0.717) is 0 Å². The highest BCUT2D eigenvalue weighted by atomic mass is 19.4. The number of pyridine rings is 1. The van der Waals surface area contributed by atoms with Gasteiger partial charge in [0.1, 0.15) is 5.75 Å². The Hall–Kier alpha value is -2.61. The van der Waals surface area contributed by atoms with Gasteiger partial charge in [0.2, 0.25) is 5.91 Å². The minimum Gasteiger partial charge on any atom is -0.406 e. The number of halogens is 3. The lowest BCUT2D eigenvalue weighted by Gasteiger charge is -2.13. The van der Waals surface area contributed by atoms with Gasteiger partial charge in [0.25, 0.3) is 0 Å². The molecular weight excluding hydrogens is 311 g/mol. The summed E-state index contributed by atoms with van der Waals surface area (Å²) in [5.41, 5.74) is 6.73. The zero-order chi connectivity index (χ0) is 16.9. The van der Waals surface area contributed by atoms with Crippen molar-refractivity contribution in [2.45, 2.75) is 18.8 Å². The summed E-state index contributed by atoms with van der Waals surface area (Å²) in [5.74, 6) is -0.936. The van der Waals surface area contributed by atoms with Gasteiger partial charge in [-0.05, 0) is 30.2 Å². The monoisotopic (exact) mass is 325 g/mol. The van der Waals surface area contributed by atoms with Crippen LogP contribution in [0.3, 0.4) is 0 Å². The lowest BCUT2D eigenvalue weighted by molar-refractivity contribution is -0.274. The zero-order valence-corrected chi connectivity index (χ0v) is 11.9. The Labute approximate surface area is 130 Å². The second kappa shape index (κ2) is 7.10. The first kappa shape index (κ1) is 16.8. The molecule has 1 aromatic heterocycles. The van der Waals surface area contributed by atoms with Crippen molar-refractivity contribution in [3.8, 4) is 5.75 Å². The van der Waals surface area contributed by atoms with Gasteiger partial charge in [-0.3, -0.25) is 9.78 Å². The van der Waals surface area contributed by atoms with E-state index < -0.39 is 24.1 Å². The maximum Gasteiger partial charge on any atom is 0.573 e. The Morgan fingerprint density at radius 3 is 2.74 bits per heavy atom. The smallest absolute Gasteiger partial charge is 0.406 e. The molecule has 0 aliphatic carbocycles. The SMILES string of the molecule is N[C@H](Cc1cccnc1)C(=O)Nc1cccc(OC(F)(F)F)c1. The molecule has 3 N–H and O–H groups in total. The lowest BCUT2D eigenvalue weighted by Crippen LogP contribution is -2.37. The normalized spacial score (nSPS) is 12.5. The molecule has 0 unspecified atom stereocenters. The van der Waals surface area contributed by atoms with Crippen LogP contribution in [-0.2, 0) is 11.2 Å². The molecule has 2 rings (SSSR count). The molecule has 1 atom stereocenters. The number of alkyl halides is 3. The molecule has 0 aliphatic heterocycles. The Balaban J connectivity index is 1.98. The van der Waals surface area contributed by atoms with E-state index in [2.05, 4.69) is 15.0 Å². The number of aromatic nitrogens is 1. The number of hydrogen-bond donors (Lipinski definition) is 2. The third kappa shape index (κ3) is 5.59. The quantitative estimate of drug-likeness (QED) is 0.885. The molecule has 0 bridgehead atoms. The topological polar surface area (TPSA) is 77.2 Å². The fourth-order valence-corrected chi connectivity index (χ4v) is 1.87. The first-order valence-electron chi connectivity index (χ1n) is 6.64. The van der Waals surface area contributed by atoms with Crippen LogP contribution in [0.2, 0.25) is 0 Å². The Bertz CT molecular complexity index is 663. The van der Waals surface area contributed by atoms with Crippen molar-refractivity contribution in [1.29, 1.82) is 0 Å². The number of benzene rings is 1. The summed E-state index contributed by atoms with van der Waals surface area (Å²) < 4.78 is 40.3. The van der Waals surface area contributed by atoms with Gasteiger partial charge >= 0.3 is 6.36 Å². The summed E-state index contributed by atoms with van der Waals surface area (Å²) in [6.07, 6.45) is -1.34. The zero-order valence-electron chi connectivity index (χ0n) is 11.9. The van der Waals surface area contributed by atoms with Gasteiger partial charge in [-0.25, -0.2) is 0 Å². The third-order valence-corrected chi connectivity index (χ3v) is 2.85. The van der Waals surface area contributed by atoms with Crippen molar-refractivity contribution in [1.82, 2.24) is 4.98 Å². The molecule has 23 heavy (non-hydrogen) atoms. The van der Waals surface area contributed by atoms with Gasteiger partial charge in [-0.2, -0.15) is 0 Å². The number of nitrogens with one attached hydrogen (secondary N) is 1. The Morgan fingerprint density at radius 1 is 1.30 bits per heavy atom. The standard InChI is InChI=1S/C15H14F3N3O2/c16-15(17,18)23-12-5-1-4-11(8-12)21-14(22)13(19)7-10-3-2-6-20-9-10/h1-6,8-9,13H,7,19H2,(H,21,22)/t13-/m1/s1. The van der Waals surface area contributed by atoms with Gasteiger partial charge in [0.05, 0.1) is 6.04 Å². The number of nitrogens with two attached hydrogens (primary N) is 1. The lowest BCUT2D eigenvalue weighted by atomic mass is 10.1. The van der Waals surface area contributed by atoms with Gasteiger partial charge in [-0.15, -0.1) is 13.2 Å². The first-order chi connectivity index (χ1) is 10.8. The van der Waals surface area contributed by atoms with E-state index in [0.717, 1.165) is 17.7 Å². The average Bonchev–Trinajstić information content (AvgIpc) is 2.46. The van der Waals surface area contributed by atoms with Crippen molar-refractivity contribution in [2.75, 3.05) is 5.32 Å². The number of rotatable bonds is 5. The molecule has 122 valence electrons. The number of carbonyl (C=O) groups excluding carboxylic acids is 1. The van der Waals surface area contributed by atoms with Gasteiger partial charge in [0, 0.05) is 24.1 Å². The molecule has 8 heteroatoms. The predicted molar refractivity (Wildman–Crippen MR) is 77.7 cm³/mol. The number of carbonyl (C=O) groups is 1. The number of anilines is 1. The summed E-state index contributed by atoms with van der Waals surface area (Å²) in [6, 6.07) is 7.63. The summed E-state index contributed by atoms with van der Waals surface area (Å²) in [7, 11) is 0. The van der Waals surface area contributed by atoms with Crippen molar-refractivity contribution in [3.63, 3.8) is 0 Å². The Morgan fingerprint density at radius 2 is 2.09 bits per heavy atom. The molecule has 0 spiro atoms. The highest BCUT2D eigenvalue weighted by Gasteiger charge is 2.31. The summed E-state index contributed by atoms with van der Waals surface area (Å²) >= 11 is 0. The first-order valence-corrected chi connectivity index (χ1v) is 6.64. The van der Waals surface area contributed by atoms with E-state index in [1.54, 1.807) is 24.5 Å². The van der Waals surface area contributed by atoms with E-state index in [1.165, 1.54) is 12.1 Å². The predicted octanol–water partition coefficient (Wildman–Crippen LogP) is 2.49. The maximum absolute atomic E-state index is 12.2. The van der Waals surface area contributed by atoms with Crippen LogP contribution in [0.4, 0.5) is 18.9 Å². The van der Waals surface area contributed by atoms with Crippen molar-refractivity contribution in [3.05, 3.63) is 54.4 Å². The van der Waals surface area contributed by atoms with E-state index in [-0.39, 0.29) is 12.1 Å². The second-order valence-corrected chi connectivity index (χ2v) is 4.74. The van der Waals surface area contributed by atoms with Gasteiger partial charge in [-0.1, -0.05) is 12.1 Å². The van der Waals surface area contributed by atoms with Crippen molar-refractivity contribution < 1.29 is 22.7 Å². The molecule has 0 saturated carbocycles. The summed E-state index contributed by atoms with van der Waals surface area (Å²) in [4.78, 5) is 15.9. The van der Waals surface area contributed by atoms with E-state index in [1.807, 2.05) is 0 Å². The number of hydrogen-bond acceptors (Lipinski definition) is 4. The largest absolute Gasteiger partial charge is 0.573 e. The van der Waals surface area contributed by atoms with Gasteiger partial charge in [0.15, 0.2) is 0 Å². The van der Waals surface area contributed by atoms with Gasteiger partial charge < -0.3 is 15.8 Å². The average molecular weight is 325 g/mol. The van der Waals surface area contributed by atoms with Crippen LogP contribution in [0.15, 0.2) is 48.8 Å². The molecule has 0 radical (unpaired) electrons. The molecule has 1 amide bonds. The third-order valence-electron chi connectivity index (χ3n) is 2.85. The van der Waals surface area contributed by atoms with Crippen LogP contribution in [0, 0.1) is 0 Å². The van der Waals surface area contributed by atoms with Crippen LogP contribution in [-0.4, -0.2) is 23.3 Å². The number of amides is 1. The van der Waals surface area contributed by atoms with Crippen LogP contribution < -0.4 is 15.8 Å². The molecule has 0 fully saturated rings. The van der Waals surface area contributed by atoms with Crippen LogP contribution >= 0.6 is 0 Å². The van der Waals surface area contributed by atoms with E-state index >= 15 is 0 Å². The highest BCUT2D eigenvalue weighted by Crippen LogP contribution is 2.25. The fraction of sp³-hybridized carbons (Fsp3) is 0.200. The maximum atomic E-state index is 12.2. The number of nitrogens with zero attached hydrogens (tertiary/aromatic N) is 1. The molecule has 5 nitrogen and oxygen atoms in total. The molecular formula is C15H14F3N3O2.